The van der Waals surface area contributed by atoms with Crippen LogP contribution in [-0.4, -0.2) is 4.98 Å². The lowest BCUT2D eigenvalue weighted by Crippen LogP contribution is -2.11. The minimum absolute atomic E-state index is 0.0301. The molecule has 0 aliphatic heterocycles. The standard InChI is InChI=1S/C7H6BrF3N2/c8-1-4-5(7(9,10)11)2-13-3-6(4)12/h2-3H,1,12H2. The van der Waals surface area contributed by atoms with Gasteiger partial charge < -0.3 is 5.73 Å². The molecular formula is C7H6BrF3N2. The molecule has 0 saturated heterocycles. The van der Waals surface area contributed by atoms with Gasteiger partial charge in [0.05, 0.1) is 17.4 Å². The van der Waals surface area contributed by atoms with Gasteiger partial charge in [-0.25, -0.2) is 0 Å². The number of nitrogens with two attached hydrogens (primary N) is 1. The Hall–Kier alpha value is -0.780. The van der Waals surface area contributed by atoms with Gasteiger partial charge in [0.25, 0.3) is 0 Å². The summed E-state index contributed by atoms with van der Waals surface area (Å²) in [4.78, 5) is 3.39. The molecule has 1 heterocycles. The summed E-state index contributed by atoms with van der Waals surface area (Å²) < 4.78 is 36.9. The largest absolute Gasteiger partial charge is 0.418 e. The molecule has 1 aromatic heterocycles. The van der Waals surface area contributed by atoms with E-state index in [1.807, 2.05) is 0 Å². The van der Waals surface area contributed by atoms with Crippen LogP contribution >= 0.6 is 15.9 Å². The molecule has 0 aliphatic carbocycles. The van der Waals surface area contributed by atoms with Crippen LogP contribution in [0.1, 0.15) is 11.1 Å². The zero-order valence-electron chi connectivity index (χ0n) is 6.40. The van der Waals surface area contributed by atoms with Gasteiger partial charge in [0.2, 0.25) is 0 Å². The third kappa shape index (κ3) is 2.12. The minimum Gasteiger partial charge on any atom is -0.397 e. The summed E-state index contributed by atoms with van der Waals surface area (Å²) in [5.74, 6) is 0. The predicted molar refractivity (Wildman–Crippen MR) is 46.3 cm³/mol. The Labute approximate surface area is 81.1 Å². The van der Waals surface area contributed by atoms with Crippen molar-refractivity contribution in [3.8, 4) is 0 Å². The second-order valence-corrected chi connectivity index (χ2v) is 2.95. The summed E-state index contributed by atoms with van der Waals surface area (Å²) in [5.41, 5.74) is 4.63. The molecule has 2 nitrogen and oxygen atoms in total. The number of anilines is 1. The van der Waals surface area contributed by atoms with Gasteiger partial charge in [-0.3, -0.25) is 4.98 Å². The van der Waals surface area contributed by atoms with Crippen LogP contribution in [0.5, 0.6) is 0 Å². The van der Waals surface area contributed by atoms with Crippen LogP contribution in [0.25, 0.3) is 0 Å². The highest BCUT2D eigenvalue weighted by molar-refractivity contribution is 9.08. The molecule has 1 aromatic rings. The molecule has 72 valence electrons. The molecule has 0 radical (unpaired) electrons. The molecule has 6 heteroatoms. The van der Waals surface area contributed by atoms with Gasteiger partial charge in [-0.2, -0.15) is 13.2 Å². The highest BCUT2D eigenvalue weighted by Crippen LogP contribution is 2.34. The Morgan fingerprint density at radius 2 is 2.00 bits per heavy atom. The van der Waals surface area contributed by atoms with Crippen LogP contribution in [0.3, 0.4) is 0 Å². The van der Waals surface area contributed by atoms with Crippen molar-refractivity contribution >= 4 is 21.6 Å². The first-order valence-electron chi connectivity index (χ1n) is 3.32. The number of nitrogens with zero attached hydrogens (tertiary/aromatic N) is 1. The third-order valence-corrected chi connectivity index (χ3v) is 2.09. The first-order valence-corrected chi connectivity index (χ1v) is 4.44. The van der Waals surface area contributed by atoms with E-state index in [0.717, 1.165) is 6.20 Å². The van der Waals surface area contributed by atoms with E-state index in [1.165, 1.54) is 6.20 Å². The Bertz CT molecular complexity index is 311. The average molecular weight is 255 g/mol. The smallest absolute Gasteiger partial charge is 0.397 e. The van der Waals surface area contributed by atoms with Crippen LogP contribution in [0.4, 0.5) is 18.9 Å². The highest BCUT2D eigenvalue weighted by atomic mass is 79.9. The molecule has 13 heavy (non-hydrogen) atoms. The molecule has 0 fully saturated rings. The number of nitrogen functional groups attached to an aromatic ring is 1. The second kappa shape index (κ2) is 3.53. The maximum atomic E-state index is 12.3. The maximum Gasteiger partial charge on any atom is 0.418 e. The maximum absolute atomic E-state index is 12.3. The van der Waals surface area contributed by atoms with Gasteiger partial charge in [-0.1, -0.05) is 15.9 Å². The fourth-order valence-electron chi connectivity index (χ4n) is 0.897. The van der Waals surface area contributed by atoms with E-state index < -0.39 is 11.7 Å². The average Bonchev–Trinajstić information content (AvgIpc) is 2.02. The van der Waals surface area contributed by atoms with E-state index in [-0.39, 0.29) is 16.6 Å². The van der Waals surface area contributed by atoms with E-state index >= 15 is 0 Å². The zero-order chi connectivity index (χ0) is 10.1. The van der Waals surface area contributed by atoms with Crippen molar-refractivity contribution in [1.29, 1.82) is 0 Å². The van der Waals surface area contributed by atoms with Crippen molar-refractivity contribution in [2.75, 3.05) is 5.73 Å². The Balaban J connectivity index is 3.29. The Morgan fingerprint density at radius 1 is 1.38 bits per heavy atom. The molecule has 2 N–H and O–H groups in total. The number of hydrogen-bond donors (Lipinski definition) is 1. The van der Waals surface area contributed by atoms with Gasteiger partial charge in [-0.05, 0) is 0 Å². The van der Waals surface area contributed by atoms with E-state index in [4.69, 9.17) is 5.73 Å². The third-order valence-electron chi connectivity index (χ3n) is 1.53. The first-order chi connectivity index (χ1) is 5.96. The summed E-state index contributed by atoms with van der Waals surface area (Å²) in [6.45, 7) is 0. The number of pyridine rings is 1. The summed E-state index contributed by atoms with van der Waals surface area (Å²) >= 11 is 2.94. The van der Waals surface area contributed by atoms with E-state index in [9.17, 15) is 13.2 Å². The lowest BCUT2D eigenvalue weighted by atomic mass is 10.1. The first kappa shape index (κ1) is 10.3. The lowest BCUT2D eigenvalue weighted by molar-refractivity contribution is -0.138. The number of aromatic nitrogens is 1. The van der Waals surface area contributed by atoms with Crippen molar-refractivity contribution in [2.45, 2.75) is 11.5 Å². The van der Waals surface area contributed by atoms with Crippen LogP contribution in [0.2, 0.25) is 0 Å². The monoisotopic (exact) mass is 254 g/mol. The molecule has 1 rings (SSSR count). The van der Waals surface area contributed by atoms with Crippen molar-refractivity contribution in [3.05, 3.63) is 23.5 Å². The lowest BCUT2D eigenvalue weighted by Gasteiger charge is -2.11. The molecule has 0 aliphatic rings. The normalized spacial score (nSPS) is 11.7. The van der Waals surface area contributed by atoms with Crippen LogP contribution < -0.4 is 5.73 Å². The number of halogens is 4. The van der Waals surface area contributed by atoms with Crippen molar-refractivity contribution in [3.63, 3.8) is 0 Å². The number of hydrogen-bond acceptors (Lipinski definition) is 2. The van der Waals surface area contributed by atoms with Gasteiger partial charge in [0.1, 0.15) is 0 Å². The summed E-state index contributed by atoms with van der Waals surface area (Å²) in [7, 11) is 0. The van der Waals surface area contributed by atoms with Gasteiger partial charge >= 0.3 is 6.18 Å². The van der Waals surface area contributed by atoms with Crippen molar-refractivity contribution in [1.82, 2.24) is 4.98 Å². The second-order valence-electron chi connectivity index (χ2n) is 2.39. The van der Waals surface area contributed by atoms with Gasteiger partial charge in [0.15, 0.2) is 0 Å². The molecule has 0 spiro atoms. The zero-order valence-corrected chi connectivity index (χ0v) is 7.98. The Morgan fingerprint density at radius 3 is 2.38 bits per heavy atom. The molecule has 0 saturated carbocycles. The van der Waals surface area contributed by atoms with Crippen LogP contribution in [0.15, 0.2) is 12.4 Å². The predicted octanol–water partition coefficient (Wildman–Crippen LogP) is 2.58. The minimum atomic E-state index is -4.40. The van der Waals surface area contributed by atoms with Crippen molar-refractivity contribution in [2.24, 2.45) is 0 Å². The Kier molecular flexibility index (Phi) is 2.80. The highest BCUT2D eigenvalue weighted by Gasteiger charge is 2.34. The number of rotatable bonds is 1. The van der Waals surface area contributed by atoms with Crippen molar-refractivity contribution < 1.29 is 13.2 Å². The number of alkyl halides is 4. The molecule has 0 unspecified atom stereocenters. The van der Waals surface area contributed by atoms with E-state index in [0.29, 0.717) is 0 Å². The SMILES string of the molecule is Nc1cncc(C(F)(F)F)c1CBr. The quantitative estimate of drug-likeness (QED) is 0.783. The summed E-state index contributed by atoms with van der Waals surface area (Å²) in [5, 5.41) is 0.0657. The molecule has 0 aromatic carbocycles. The van der Waals surface area contributed by atoms with E-state index in [1.54, 1.807) is 0 Å². The molecule has 0 amide bonds. The topological polar surface area (TPSA) is 38.9 Å². The van der Waals surface area contributed by atoms with Crippen LogP contribution in [-0.2, 0) is 11.5 Å². The van der Waals surface area contributed by atoms with Gasteiger partial charge in [-0.15, -0.1) is 0 Å². The molecule has 0 bridgehead atoms. The molecule has 0 atom stereocenters. The van der Waals surface area contributed by atoms with E-state index in [2.05, 4.69) is 20.9 Å². The summed E-state index contributed by atoms with van der Waals surface area (Å²) in [6, 6.07) is 0. The fourth-order valence-corrected chi connectivity index (χ4v) is 1.52. The van der Waals surface area contributed by atoms with Crippen LogP contribution in [0, 0.1) is 0 Å². The summed E-state index contributed by atoms with van der Waals surface area (Å²) in [6.07, 6.45) is -2.43. The fraction of sp³-hybridized carbons (Fsp3) is 0.286. The van der Waals surface area contributed by atoms with Gasteiger partial charge in [0, 0.05) is 17.1 Å². The molecular weight excluding hydrogens is 249 g/mol.